The zero-order valence-electron chi connectivity index (χ0n) is 47.6. The van der Waals surface area contributed by atoms with E-state index in [4.69, 9.17) is 4.98 Å². The van der Waals surface area contributed by atoms with Gasteiger partial charge >= 0.3 is 0 Å². The van der Waals surface area contributed by atoms with E-state index in [0.717, 1.165) is 62.6 Å². The second kappa shape index (κ2) is 20.2. The van der Waals surface area contributed by atoms with Crippen molar-refractivity contribution in [3.63, 3.8) is 0 Å². The van der Waals surface area contributed by atoms with Crippen LogP contribution in [0.3, 0.4) is 0 Å². The van der Waals surface area contributed by atoms with Gasteiger partial charge in [0.2, 0.25) is 0 Å². The van der Waals surface area contributed by atoms with Crippen molar-refractivity contribution in [1.82, 2.24) is 14.1 Å². The Balaban J connectivity index is 0.00000588. The van der Waals surface area contributed by atoms with Crippen molar-refractivity contribution in [3.8, 4) is 33.8 Å². The monoisotopic (exact) mass is 1280 g/mol. The summed E-state index contributed by atoms with van der Waals surface area (Å²) in [4.78, 5) is 10.0. The summed E-state index contributed by atoms with van der Waals surface area (Å²) in [5.74, 6) is 3.73. The van der Waals surface area contributed by atoms with Crippen molar-refractivity contribution >= 4 is 66.4 Å². The maximum atomic E-state index is 5.34. The van der Waals surface area contributed by atoms with Gasteiger partial charge in [-0.2, -0.15) is 53.6 Å². The van der Waals surface area contributed by atoms with Gasteiger partial charge in [-0.1, -0.05) is 177 Å². The van der Waals surface area contributed by atoms with Crippen molar-refractivity contribution in [3.05, 3.63) is 290 Å². The number of pyridine rings is 1. The van der Waals surface area contributed by atoms with Gasteiger partial charge in [-0.3, -0.25) is 0 Å². The van der Waals surface area contributed by atoms with Crippen LogP contribution in [-0.2, 0) is 31.9 Å². The first-order valence-corrected chi connectivity index (χ1v) is 30.2. The van der Waals surface area contributed by atoms with Gasteiger partial charge in [0.1, 0.15) is 5.82 Å². The molecule has 0 radical (unpaired) electrons. The molecule has 4 saturated carbocycles. The van der Waals surface area contributed by atoms with E-state index in [1.165, 1.54) is 104 Å². The molecule has 4 heterocycles. The standard InChI is InChI=1S/C79H62N5.Pt/c1-78(2,57-23-17-24-63(48-57)81-51-82(74-34-16-15-33-73(74)81)77-64(54-19-5-3-6-20-54)28-18-29-65(77)55-21-7-4-8-22-55)58-37-40-69-68-27-11-14-32-72(68)84(75(69)49-58)76-50-59(41-42-80-76)79(60-44-52-43-53(46-60)47-61(79)45-52)56-35-38-62(39-36-56)83-70-30-12-9-25-66(70)67-26-10-13-31-71(67)83;/h3-42,50-53,60-61H,43-47H2,1-2H3;/q-3;. The third kappa shape index (κ3) is 8.03. The second-order valence-corrected chi connectivity index (χ2v) is 24.8. The van der Waals surface area contributed by atoms with E-state index >= 15 is 0 Å². The van der Waals surface area contributed by atoms with Gasteiger partial charge in [-0.25, -0.2) is 4.98 Å². The van der Waals surface area contributed by atoms with Crippen molar-refractivity contribution in [2.75, 3.05) is 9.80 Å². The fraction of sp³-hybridized carbons (Fsp3) is 0.165. The van der Waals surface area contributed by atoms with Gasteiger partial charge < -0.3 is 18.9 Å². The van der Waals surface area contributed by atoms with Gasteiger partial charge in [0, 0.05) is 82.8 Å². The van der Waals surface area contributed by atoms with Crippen molar-refractivity contribution in [1.29, 1.82) is 0 Å². The van der Waals surface area contributed by atoms with Crippen molar-refractivity contribution in [2.24, 2.45) is 23.7 Å². The zero-order valence-corrected chi connectivity index (χ0v) is 49.9. The number of hydrogen-bond donors (Lipinski definition) is 0. The quantitative estimate of drug-likeness (QED) is 0.128. The minimum absolute atomic E-state index is 0. The average molecular weight is 1280 g/mol. The number of benzene rings is 10. The Morgan fingerprint density at radius 1 is 0.459 bits per heavy atom. The number of aromatic nitrogens is 3. The number of para-hydroxylation sites is 6. The molecule has 0 spiro atoms. The minimum atomic E-state index is -0.476. The van der Waals surface area contributed by atoms with Crippen LogP contribution in [0.25, 0.3) is 77.4 Å². The summed E-state index contributed by atoms with van der Waals surface area (Å²) in [5.41, 5.74) is 19.3. The molecule has 4 aliphatic carbocycles. The number of rotatable bonds is 10. The maximum Gasteiger partial charge on any atom is 0.135 e. The molecule has 0 amide bonds. The van der Waals surface area contributed by atoms with E-state index in [2.05, 4.69) is 300 Å². The third-order valence-electron chi connectivity index (χ3n) is 20.1. The van der Waals surface area contributed by atoms with Crippen LogP contribution in [0.5, 0.6) is 0 Å². The molecular formula is C79H62N5Pt-3. The topological polar surface area (TPSA) is 29.2 Å². The summed E-state index contributed by atoms with van der Waals surface area (Å²) >= 11 is 0. The molecule has 18 rings (SSSR count). The average Bonchev–Trinajstić information content (AvgIpc) is 2.61. The van der Waals surface area contributed by atoms with Crippen LogP contribution in [0.1, 0.15) is 68.2 Å². The summed E-state index contributed by atoms with van der Waals surface area (Å²) in [7, 11) is 0. The van der Waals surface area contributed by atoms with E-state index in [0.29, 0.717) is 11.8 Å². The molecule has 0 saturated heterocycles. The summed E-state index contributed by atoms with van der Waals surface area (Å²) in [6.45, 7) is 6.91. The molecule has 416 valence electrons. The fourth-order valence-electron chi connectivity index (χ4n) is 16.5. The van der Waals surface area contributed by atoms with Gasteiger partial charge in [0.25, 0.3) is 0 Å². The molecule has 0 N–H and O–H groups in total. The van der Waals surface area contributed by atoms with Gasteiger partial charge in [-0.15, -0.1) is 17.7 Å². The predicted octanol–water partition coefficient (Wildman–Crippen LogP) is 19.7. The number of nitrogens with zero attached hydrogens (tertiary/aromatic N) is 5. The number of hydrogen-bond acceptors (Lipinski definition) is 3. The molecule has 4 fully saturated rings. The fourth-order valence-corrected chi connectivity index (χ4v) is 16.5. The Morgan fingerprint density at radius 2 is 0.988 bits per heavy atom. The first-order valence-electron chi connectivity index (χ1n) is 30.2. The van der Waals surface area contributed by atoms with E-state index in [9.17, 15) is 0 Å². The first kappa shape index (κ1) is 51.8. The maximum absolute atomic E-state index is 5.34. The van der Waals surface area contributed by atoms with Crippen molar-refractivity contribution < 1.29 is 21.1 Å². The predicted molar refractivity (Wildman–Crippen MR) is 346 cm³/mol. The first-order chi connectivity index (χ1) is 41.4. The van der Waals surface area contributed by atoms with Crippen LogP contribution in [0.15, 0.2) is 249 Å². The van der Waals surface area contributed by atoms with E-state index in [-0.39, 0.29) is 26.5 Å². The Labute approximate surface area is 512 Å². The van der Waals surface area contributed by atoms with Crippen molar-refractivity contribution in [2.45, 2.75) is 56.8 Å². The minimum Gasteiger partial charge on any atom is -0.493 e. The van der Waals surface area contributed by atoms with Gasteiger partial charge in [0.15, 0.2) is 0 Å². The van der Waals surface area contributed by atoms with Crippen LogP contribution in [0.2, 0.25) is 0 Å². The molecule has 85 heavy (non-hydrogen) atoms. The van der Waals surface area contributed by atoms with Crippen LogP contribution in [0.4, 0.5) is 22.7 Å². The SMILES string of the molecule is CC(C)(c1[c-]c(N2[CH-]N(c3c(-c4ccccc4)cccc3-c3ccccc3)c3ccccc32)ccc1)c1[c-]c2c(cc1)c1ccccc1n2-c1cc(C2(c3ccc(-n4c5ccccc5c5ccccc54)cc3)C3CC4CC(C3)CC2C4)ccn1.[Pt]. The van der Waals surface area contributed by atoms with E-state index in [1.807, 2.05) is 0 Å². The molecule has 0 unspecified atom stereocenters. The Hall–Kier alpha value is -8.76. The smallest absolute Gasteiger partial charge is 0.135 e. The van der Waals surface area contributed by atoms with Gasteiger partial charge in [0.05, 0.1) is 11.0 Å². The Morgan fingerprint density at radius 3 is 1.61 bits per heavy atom. The molecule has 3 aromatic heterocycles. The van der Waals surface area contributed by atoms with Crippen LogP contribution >= 0.6 is 0 Å². The molecule has 6 heteroatoms. The largest absolute Gasteiger partial charge is 0.493 e. The molecule has 5 nitrogen and oxygen atoms in total. The molecular weight excluding hydrogens is 1210 g/mol. The second-order valence-electron chi connectivity index (χ2n) is 24.8. The van der Waals surface area contributed by atoms with Crippen LogP contribution in [0, 0.1) is 42.5 Å². The summed E-state index contributed by atoms with van der Waals surface area (Å²) in [5, 5.41) is 4.96. The molecule has 10 aromatic carbocycles. The van der Waals surface area contributed by atoms with Gasteiger partial charge in [-0.05, 0) is 143 Å². The normalized spacial score (nSPS) is 19.7. The molecule has 4 bridgehead atoms. The zero-order chi connectivity index (χ0) is 55.7. The summed E-state index contributed by atoms with van der Waals surface area (Å²) in [6, 6.07) is 97.5. The molecule has 5 aliphatic rings. The summed E-state index contributed by atoms with van der Waals surface area (Å²) in [6.07, 6.45) is 8.66. The Kier molecular flexibility index (Phi) is 12.3. The molecule has 0 atom stereocenters. The Bertz CT molecular complexity index is 4570. The third-order valence-corrected chi connectivity index (χ3v) is 20.1. The van der Waals surface area contributed by atoms with Crippen LogP contribution < -0.4 is 9.80 Å². The van der Waals surface area contributed by atoms with E-state index in [1.54, 1.807) is 0 Å². The summed E-state index contributed by atoms with van der Waals surface area (Å²) < 4.78 is 4.86. The molecule has 13 aromatic rings. The molecule has 1 aliphatic heterocycles. The van der Waals surface area contributed by atoms with E-state index < -0.39 is 5.41 Å². The number of fused-ring (bicyclic) bond motifs is 7. The van der Waals surface area contributed by atoms with Crippen LogP contribution in [-0.4, -0.2) is 14.1 Å². The number of anilines is 4.